The molecule has 5 rings (SSSR count). The van der Waals surface area contributed by atoms with Crippen molar-refractivity contribution < 1.29 is 4.79 Å². The van der Waals surface area contributed by atoms with Crippen molar-refractivity contribution in [2.75, 3.05) is 28.6 Å². The Morgan fingerprint density at radius 2 is 2.09 bits per heavy atom. The zero-order chi connectivity index (χ0) is 22.1. The number of carbonyl (C=O) groups excluding carboxylic acids is 1. The van der Waals surface area contributed by atoms with E-state index in [4.69, 9.17) is 4.98 Å². The van der Waals surface area contributed by atoms with Crippen LogP contribution in [0.1, 0.15) is 12.0 Å². The van der Waals surface area contributed by atoms with Crippen LogP contribution in [-0.4, -0.2) is 33.9 Å². The zero-order valence-electron chi connectivity index (χ0n) is 17.5. The summed E-state index contributed by atoms with van der Waals surface area (Å²) in [5, 5.41) is 20.8. The quantitative estimate of drug-likeness (QED) is 0.499. The van der Waals surface area contributed by atoms with E-state index in [1.165, 1.54) is 0 Å². The van der Waals surface area contributed by atoms with Crippen LogP contribution in [0.25, 0.3) is 22.2 Å². The minimum atomic E-state index is -0.242. The fourth-order valence-corrected chi connectivity index (χ4v) is 3.90. The molecule has 2 amide bonds. The van der Waals surface area contributed by atoms with Gasteiger partial charge in [0.1, 0.15) is 0 Å². The lowest BCUT2D eigenvalue weighted by Gasteiger charge is -2.22. The molecule has 0 fully saturated rings. The first-order valence-corrected chi connectivity index (χ1v) is 10.4. The molecule has 8 nitrogen and oxygen atoms in total. The summed E-state index contributed by atoms with van der Waals surface area (Å²) >= 11 is 0. The average Bonchev–Trinajstić information content (AvgIpc) is 3.05. The molecule has 0 saturated heterocycles. The van der Waals surface area contributed by atoms with Crippen molar-refractivity contribution in [3.8, 4) is 17.3 Å². The number of urea groups is 1. The maximum absolute atomic E-state index is 13.3. The predicted octanol–water partition coefficient (Wildman–Crippen LogP) is 4.36. The van der Waals surface area contributed by atoms with Gasteiger partial charge in [-0.15, -0.1) is 0 Å². The standard InChI is InChI=1S/C24H21N7O/c1-30-22-9-6-19(13-18(22)15-27-30)28-24(32)31-11-3-10-26-21-8-7-20(29-23(21)31)17-5-2-4-16(12-17)14-25/h2,4-9,12-13,15,26H,3,10-11H2,1H3,(H,28,32). The van der Waals surface area contributed by atoms with E-state index in [9.17, 15) is 10.1 Å². The molecule has 0 bridgehead atoms. The first-order valence-electron chi connectivity index (χ1n) is 10.4. The normalized spacial score (nSPS) is 13.1. The maximum atomic E-state index is 13.3. The first-order chi connectivity index (χ1) is 15.6. The van der Waals surface area contributed by atoms with Gasteiger partial charge in [0.25, 0.3) is 0 Å². The Balaban J connectivity index is 1.47. The number of aryl methyl sites for hydroxylation is 1. The van der Waals surface area contributed by atoms with Crippen LogP contribution in [0.4, 0.5) is 22.0 Å². The zero-order valence-corrected chi connectivity index (χ0v) is 17.5. The van der Waals surface area contributed by atoms with Gasteiger partial charge >= 0.3 is 6.03 Å². The van der Waals surface area contributed by atoms with Crippen molar-refractivity contribution in [2.24, 2.45) is 7.05 Å². The van der Waals surface area contributed by atoms with Crippen molar-refractivity contribution >= 4 is 34.1 Å². The largest absolute Gasteiger partial charge is 0.382 e. The van der Waals surface area contributed by atoms with Gasteiger partial charge in [-0.1, -0.05) is 12.1 Å². The molecule has 0 saturated carbocycles. The van der Waals surface area contributed by atoms with Crippen LogP contribution in [0.3, 0.4) is 0 Å². The molecular weight excluding hydrogens is 402 g/mol. The van der Waals surface area contributed by atoms with Gasteiger partial charge in [0.15, 0.2) is 5.82 Å². The summed E-state index contributed by atoms with van der Waals surface area (Å²) in [4.78, 5) is 19.7. The van der Waals surface area contributed by atoms with Crippen LogP contribution in [-0.2, 0) is 7.05 Å². The molecule has 1 aliphatic rings. The molecule has 0 aliphatic carbocycles. The molecule has 3 heterocycles. The lowest BCUT2D eigenvalue weighted by Crippen LogP contribution is -2.36. The lowest BCUT2D eigenvalue weighted by atomic mass is 10.1. The van der Waals surface area contributed by atoms with E-state index in [0.717, 1.165) is 35.1 Å². The Bertz CT molecular complexity index is 1370. The molecule has 2 N–H and O–H groups in total. The highest BCUT2D eigenvalue weighted by Gasteiger charge is 2.23. The Morgan fingerprint density at radius 1 is 1.19 bits per heavy atom. The number of hydrogen-bond donors (Lipinski definition) is 2. The Kier molecular flexibility index (Phi) is 4.92. The highest BCUT2D eigenvalue weighted by atomic mass is 16.2. The monoisotopic (exact) mass is 423 g/mol. The molecule has 1 aliphatic heterocycles. The summed E-state index contributed by atoms with van der Waals surface area (Å²) in [5.41, 5.74) is 4.61. The number of nitrogens with zero attached hydrogens (tertiary/aromatic N) is 5. The topological polar surface area (TPSA) is 98.9 Å². The fraction of sp³-hybridized carbons (Fsp3) is 0.167. The lowest BCUT2D eigenvalue weighted by molar-refractivity contribution is 0.257. The molecule has 158 valence electrons. The van der Waals surface area contributed by atoms with E-state index in [1.54, 1.807) is 27.9 Å². The Labute approximate surface area is 185 Å². The second-order valence-electron chi connectivity index (χ2n) is 7.66. The van der Waals surface area contributed by atoms with Gasteiger partial charge in [0.2, 0.25) is 0 Å². The highest BCUT2D eigenvalue weighted by Crippen LogP contribution is 2.31. The van der Waals surface area contributed by atoms with Gasteiger partial charge < -0.3 is 10.6 Å². The third-order valence-corrected chi connectivity index (χ3v) is 5.53. The van der Waals surface area contributed by atoms with Crippen molar-refractivity contribution in [3.63, 3.8) is 0 Å². The van der Waals surface area contributed by atoms with Crippen molar-refractivity contribution in [3.05, 3.63) is 66.4 Å². The molecule has 0 spiro atoms. The highest BCUT2D eigenvalue weighted by molar-refractivity contribution is 6.04. The number of anilines is 3. The average molecular weight is 423 g/mol. The van der Waals surface area contributed by atoms with E-state index in [-0.39, 0.29) is 6.03 Å². The number of nitriles is 1. The Hall–Kier alpha value is -4.38. The van der Waals surface area contributed by atoms with Gasteiger partial charge in [-0.05, 0) is 48.9 Å². The van der Waals surface area contributed by atoms with Crippen LogP contribution in [0.15, 0.2) is 60.8 Å². The predicted molar refractivity (Wildman–Crippen MR) is 125 cm³/mol. The SMILES string of the molecule is Cn1ncc2cc(NC(=O)N3CCCNc4ccc(-c5cccc(C#N)c5)nc43)ccc21. The summed E-state index contributed by atoms with van der Waals surface area (Å²) < 4.78 is 1.80. The third-order valence-electron chi connectivity index (χ3n) is 5.53. The summed E-state index contributed by atoms with van der Waals surface area (Å²) in [5.74, 6) is 0.572. The first kappa shape index (κ1) is 19.6. The molecule has 2 aromatic heterocycles. The maximum Gasteiger partial charge on any atom is 0.327 e. The molecular formula is C24H21N7O. The van der Waals surface area contributed by atoms with E-state index in [2.05, 4.69) is 21.8 Å². The number of pyridine rings is 1. The number of nitrogens with one attached hydrogen (secondary N) is 2. The van der Waals surface area contributed by atoms with E-state index in [0.29, 0.717) is 29.3 Å². The molecule has 0 atom stereocenters. The number of aromatic nitrogens is 3. The second-order valence-corrected chi connectivity index (χ2v) is 7.66. The summed E-state index contributed by atoms with van der Waals surface area (Å²) in [6.45, 7) is 1.29. The van der Waals surface area contributed by atoms with E-state index in [1.807, 2.05) is 49.5 Å². The Morgan fingerprint density at radius 3 is 2.97 bits per heavy atom. The van der Waals surface area contributed by atoms with E-state index < -0.39 is 0 Å². The molecule has 0 unspecified atom stereocenters. The van der Waals surface area contributed by atoms with Gasteiger partial charge in [0, 0.05) is 36.8 Å². The van der Waals surface area contributed by atoms with Crippen molar-refractivity contribution in [2.45, 2.75) is 6.42 Å². The van der Waals surface area contributed by atoms with Gasteiger partial charge in [-0.25, -0.2) is 9.78 Å². The minimum Gasteiger partial charge on any atom is -0.382 e. The van der Waals surface area contributed by atoms with Crippen LogP contribution in [0.5, 0.6) is 0 Å². The molecule has 4 aromatic rings. The number of benzene rings is 2. The molecule has 8 heteroatoms. The van der Waals surface area contributed by atoms with Gasteiger partial charge in [0.05, 0.1) is 34.7 Å². The van der Waals surface area contributed by atoms with Gasteiger partial charge in [-0.2, -0.15) is 10.4 Å². The van der Waals surface area contributed by atoms with Crippen LogP contribution in [0, 0.1) is 11.3 Å². The number of rotatable bonds is 2. The molecule has 32 heavy (non-hydrogen) atoms. The smallest absolute Gasteiger partial charge is 0.327 e. The summed E-state index contributed by atoms with van der Waals surface area (Å²) in [6, 6.07) is 18.8. The number of amides is 2. The molecule has 0 radical (unpaired) electrons. The van der Waals surface area contributed by atoms with Crippen molar-refractivity contribution in [1.82, 2.24) is 14.8 Å². The number of hydrogen-bond acceptors (Lipinski definition) is 5. The molecule has 2 aromatic carbocycles. The summed E-state index contributed by atoms with van der Waals surface area (Å²) in [7, 11) is 1.89. The minimum absolute atomic E-state index is 0.242. The van der Waals surface area contributed by atoms with Crippen LogP contribution in [0.2, 0.25) is 0 Å². The van der Waals surface area contributed by atoms with E-state index >= 15 is 0 Å². The van der Waals surface area contributed by atoms with Crippen LogP contribution >= 0.6 is 0 Å². The number of fused-ring (bicyclic) bond motifs is 2. The fourth-order valence-electron chi connectivity index (χ4n) is 3.90. The van der Waals surface area contributed by atoms with Gasteiger partial charge in [-0.3, -0.25) is 9.58 Å². The van der Waals surface area contributed by atoms with Crippen LogP contribution < -0.4 is 15.5 Å². The van der Waals surface area contributed by atoms with Crippen molar-refractivity contribution in [1.29, 1.82) is 5.26 Å². The third kappa shape index (κ3) is 3.61. The second kappa shape index (κ2) is 8.04. The number of carbonyl (C=O) groups is 1. The summed E-state index contributed by atoms with van der Waals surface area (Å²) in [6.07, 6.45) is 2.57.